The summed E-state index contributed by atoms with van der Waals surface area (Å²) < 4.78 is 2.80. The standard InChI is InChI=1S/C13H15N3S2/c1-10-14-16(13(17)18-10)9-15-7-6-11-4-2-3-5-12(11)8-15/h2-5H,6-9H2,1H3. The average Bonchev–Trinajstić information content (AvgIpc) is 2.68. The molecule has 0 amide bonds. The molecule has 2 heterocycles. The van der Waals surface area contributed by atoms with Gasteiger partial charge in [-0.15, -0.1) is 0 Å². The van der Waals surface area contributed by atoms with Gasteiger partial charge in [-0.3, -0.25) is 4.90 Å². The Bertz CT molecular complexity index is 615. The first-order chi connectivity index (χ1) is 8.72. The molecule has 94 valence electrons. The second kappa shape index (κ2) is 4.91. The first kappa shape index (κ1) is 12.0. The van der Waals surface area contributed by atoms with Crippen molar-refractivity contribution in [2.24, 2.45) is 0 Å². The third-order valence-electron chi connectivity index (χ3n) is 3.25. The van der Waals surface area contributed by atoms with Crippen molar-refractivity contribution in [3.8, 4) is 0 Å². The van der Waals surface area contributed by atoms with E-state index in [4.69, 9.17) is 12.2 Å². The van der Waals surface area contributed by atoms with Crippen molar-refractivity contribution in [1.82, 2.24) is 14.7 Å². The van der Waals surface area contributed by atoms with Gasteiger partial charge in [-0.1, -0.05) is 35.6 Å². The van der Waals surface area contributed by atoms with Gasteiger partial charge in [-0.25, -0.2) is 4.68 Å². The van der Waals surface area contributed by atoms with Crippen molar-refractivity contribution < 1.29 is 0 Å². The van der Waals surface area contributed by atoms with Crippen LogP contribution in [0.25, 0.3) is 0 Å². The minimum absolute atomic E-state index is 0.803. The van der Waals surface area contributed by atoms with Gasteiger partial charge in [0.1, 0.15) is 5.01 Å². The third-order valence-corrected chi connectivity index (χ3v) is 4.47. The second-order valence-electron chi connectivity index (χ2n) is 4.60. The highest BCUT2D eigenvalue weighted by molar-refractivity contribution is 7.73. The van der Waals surface area contributed by atoms with Crippen LogP contribution in [0.15, 0.2) is 24.3 Å². The average molecular weight is 277 g/mol. The zero-order chi connectivity index (χ0) is 12.5. The van der Waals surface area contributed by atoms with Gasteiger partial charge >= 0.3 is 0 Å². The van der Waals surface area contributed by atoms with Crippen molar-refractivity contribution in [2.75, 3.05) is 6.54 Å². The highest BCUT2D eigenvalue weighted by Crippen LogP contribution is 2.19. The maximum absolute atomic E-state index is 5.31. The Morgan fingerprint density at radius 1 is 1.33 bits per heavy atom. The molecule has 0 unspecified atom stereocenters. The molecule has 1 aromatic carbocycles. The summed E-state index contributed by atoms with van der Waals surface area (Å²) in [5.41, 5.74) is 2.91. The Kier molecular flexibility index (Phi) is 3.28. The van der Waals surface area contributed by atoms with Gasteiger partial charge in [0.2, 0.25) is 0 Å². The summed E-state index contributed by atoms with van der Waals surface area (Å²) >= 11 is 6.89. The number of benzene rings is 1. The normalized spacial score (nSPS) is 15.6. The lowest BCUT2D eigenvalue weighted by atomic mass is 10.0. The third kappa shape index (κ3) is 2.39. The van der Waals surface area contributed by atoms with E-state index in [-0.39, 0.29) is 0 Å². The SMILES string of the molecule is Cc1nn(CN2CCc3ccccc3C2)c(=S)s1. The summed E-state index contributed by atoms with van der Waals surface area (Å²) in [6.07, 6.45) is 1.12. The summed E-state index contributed by atoms with van der Waals surface area (Å²) in [4.78, 5) is 2.40. The number of rotatable bonds is 2. The van der Waals surface area contributed by atoms with Crippen molar-refractivity contribution in [2.45, 2.75) is 26.6 Å². The Balaban J connectivity index is 1.77. The van der Waals surface area contributed by atoms with Crippen LogP contribution in [0.1, 0.15) is 16.1 Å². The first-order valence-electron chi connectivity index (χ1n) is 6.06. The molecule has 0 spiro atoms. The number of hydrogen-bond acceptors (Lipinski definition) is 4. The molecule has 3 nitrogen and oxygen atoms in total. The molecule has 0 fully saturated rings. The monoisotopic (exact) mass is 277 g/mol. The van der Waals surface area contributed by atoms with E-state index in [9.17, 15) is 0 Å². The van der Waals surface area contributed by atoms with Gasteiger partial charge in [0, 0.05) is 13.1 Å². The van der Waals surface area contributed by atoms with Gasteiger partial charge in [-0.2, -0.15) is 5.10 Å². The van der Waals surface area contributed by atoms with E-state index >= 15 is 0 Å². The van der Waals surface area contributed by atoms with Gasteiger partial charge in [-0.05, 0) is 36.7 Å². The molecule has 0 atom stereocenters. The predicted octanol–water partition coefficient (Wildman–Crippen LogP) is 3.00. The molecular formula is C13H15N3S2. The molecule has 0 aliphatic carbocycles. The quantitative estimate of drug-likeness (QED) is 0.787. The zero-order valence-electron chi connectivity index (χ0n) is 10.3. The molecule has 2 aromatic rings. The molecule has 5 heteroatoms. The smallest absolute Gasteiger partial charge is 0.180 e. The number of nitrogens with zero attached hydrogens (tertiary/aromatic N) is 3. The Hall–Kier alpha value is -1.04. The van der Waals surface area contributed by atoms with E-state index < -0.39 is 0 Å². The van der Waals surface area contributed by atoms with Crippen LogP contribution in [0.3, 0.4) is 0 Å². The lowest BCUT2D eigenvalue weighted by molar-refractivity contribution is 0.188. The maximum atomic E-state index is 5.31. The summed E-state index contributed by atoms with van der Waals surface area (Å²) in [6, 6.07) is 8.67. The van der Waals surface area contributed by atoms with Crippen LogP contribution >= 0.6 is 23.6 Å². The number of aromatic nitrogens is 2. The minimum atomic E-state index is 0.803. The lowest BCUT2D eigenvalue weighted by Crippen LogP contribution is -2.32. The Labute approximate surface area is 116 Å². The number of hydrogen-bond donors (Lipinski definition) is 0. The van der Waals surface area contributed by atoms with Crippen molar-refractivity contribution in [3.63, 3.8) is 0 Å². The minimum Gasteiger partial charge on any atom is -0.280 e. The Morgan fingerprint density at radius 2 is 2.11 bits per heavy atom. The second-order valence-corrected chi connectivity index (χ2v) is 6.43. The van der Waals surface area contributed by atoms with E-state index in [0.717, 1.165) is 35.1 Å². The molecule has 1 aliphatic heterocycles. The molecule has 0 N–H and O–H groups in total. The molecule has 1 aliphatic rings. The highest BCUT2D eigenvalue weighted by Gasteiger charge is 2.16. The first-order valence-corrected chi connectivity index (χ1v) is 7.28. The van der Waals surface area contributed by atoms with E-state index in [1.54, 1.807) is 11.3 Å². The van der Waals surface area contributed by atoms with Gasteiger partial charge in [0.05, 0.1) is 6.67 Å². The topological polar surface area (TPSA) is 21.1 Å². The van der Waals surface area contributed by atoms with Crippen molar-refractivity contribution in [3.05, 3.63) is 44.4 Å². The summed E-state index contributed by atoms with van der Waals surface area (Å²) in [5, 5.41) is 5.49. The van der Waals surface area contributed by atoms with Crippen molar-refractivity contribution >= 4 is 23.6 Å². The fourth-order valence-electron chi connectivity index (χ4n) is 2.36. The fraction of sp³-hybridized carbons (Fsp3) is 0.385. The Morgan fingerprint density at radius 3 is 2.83 bits per heavy atom. The van der Waals surface area contributed by atoms with E-state index in [0.29, 0.717) is 0 Å². The predicted molar refractivity (Wildman–Crippen MR) is 76.2 cm³/mol. The van der Waals surface area contributed by atoms with Crippen LogP contribution in [0.2, 0.25) is 0 Å². The van der Waals surface area contributed by atoms with Crippen LogP contribution in [0, 0.1) is 10.9 Å². The molecule has 0 radical (unpaired) electrons. The molecular weight excluding hydrogens is 262 g/mol. The van der Waals surface area contributed by atoms with Crippen LogP contribution in [0.5, 0.6) is 0 Å². The molecule has 0 saturated heterocycles. The fourth-order valence-corrected chi connectivity index (χ4v) is 3.42. The van der Waals surface area contributed by atoms with Gasteiger partial charge in [0.15, 0.2) is 3.95 Å². The van der Waals surface area contributed by atoms with Gasteiger partial charge in [0.25, 0.3) is 0 Å². The van der Waals surface area contributed by atoms with Crippen LogP contribution in [0.4, 0.5) is 0 Å². The van der Waals surface area contributed by atoms with Crippen LogP contribution in [-0.2, 0) is 19.6 Å². The van der Waals surface area contributed by atoms with E-state index in [2.05, 4.69) is 34.3 Å². The zero-order valence-corrected chi connectivity index (χ0v) is 11.9. The molecule has 0 bridgehead atoms. The maximum Gasteiger partial charge on any atom is 0.180 e. The summed E-state index contributed by atoms with van der Waals surface area (Å²) in [7, 11) is 0. The van der Waals surface area contributed by atoms with Crippen LogP contribution in [-0.4, -0.2) is 21.2 Å². The number of aryl methyl sites for hydroxylation is 1. The summed E-state index contributed by atoms with van der Waals surface area (Å²) in [5.74, 6) is 0. The summed E-state index contributed by atoms with van der Waals surface area (Å²) in [6.45, 7) is 4.88. The van der Waals surface area contributed by atoms with E-state index in [1.807, 2.05) is 11.6 Å². The molecule has 1 aromatic heterocycles. The highest BCUT2D eigenvalue weighted by atomic mass is 32.1. The van der Waals surface area contributed by atoms with Crippen LogP contribution < -0.4 is 0 Å². The lowest BCUT2D eigenvalue weighted by Gasteiger charge is -2.28. The van der Waals surface area contributed by atoms with Gasteiger partial charge < -0.3 is 0 Å². The largest absolute Gasteiger partial charge is 0.280 e. The molecule has 3 rings (SSSR count). The molecule has 18 heavy (non-hydrogen) atoms. The number of fused-ring (bicyclic) bond motifs is 1. The molecule has 0 saturated carbocycles. The van der Waals surface area contributed by atoms with E-state index in [1.165, 1.54) is 11.1 Å². The van der Waals surface area contributed by atoms with Crippen molar-refractivity contribution in [1.29, 1.82) is 0 Å².